The van der Waals surface area contributed by atoms with Gasteiger partial charge in [0, 0.05) is 12.4 Å². The standard InChI is InChI=1S/C13H15ClN6O8S2.Na.H/c1-15-11(23)9-8(12(24)20(9)30(25,26)27)18-10(22)7(19-28-2)5-4-29-13(16-5)17-6(21)3-14;;/h4,8-9H,3H2,1-2H3,(H,15,23)(H,18,22)(H,16,17,21)(H,25,26,27);;/b19-7-;;. The molecule has 2 heterocycles. The Morgan fingerprint density at radius 3 is 2.58 bits per heavy atom. The van der Waals surface area contributed by atoms with Crippen LogP contribution in [-0.4, -0.2) is 113 Å². The molecule has 4 N–H and O–H groups in total. The zero-order chi connectivity index (χ0) is 22.6. The van der Waals surface area contributed by atoms with E-state index in [1.54, 1.807) is 0 Å². The van der Waals surface area contributed by atoms with E-state index in [1.165, 1.54) is 12.4 Å². The van der Waals surface area contributed by atoms with Crippen molar-refractivity contribution < 1.29 is 37.0 Å². The number of thiazole rings is 1. The number of oxime groups is 1. The van der Waals surface area contributed by atoms with Gasteiger partial charge in [0.05, 0.1) is 0 Å². The number of anilines is 1. The van der Waals surface area contributed by atoms with E-state index >= 15 is 0 Å². The number of amides is 4. The second-order valence-electron chi connectivity index (χ2n) is 5.46. The molecule has 1 aromatic rings. The minimum absolute atomic E-state index is 0. The molecule has 2 rings (SSSR count). The molecule has 0 aromatic carbocycles. The van der Waals surface area contributed by atoms with Crippen molar-refractivity contribution >= 4 is 97.3 Å². The molecule has 14 nitrogen and oxygen atoms in total. The Balaban J connectivity index is 0.00000480. The van der Waals surface area contributed by atoms with Gasteiger partial charge in [-0.2, -0.15) is 12.7 Å². The van der Waals surface area contributed by atoms with Gasteiger partial charge in [-0.15, -0.1) is 22.9 Å². The average molecular weight is 507 g/mol. The van der Waals surface area contributed by atoms with Crippen molar-refractivity contribution in [3.05, 3.63) is 11.1 Å². The Morgan fingerprint density at radius 2 is 2.06 bits per heavy atom. The van der Waals surface area contributed by atoms with E-state index in [-0.39, 0.29) is 50.6 Å². The molecule has 0 saturated carbocycles. The number of nitrogens with zero attached hydrogens (tertiary/aromatic N) is 3. The van der Waals surface area contributed by atoms with Crippen LogP contribution in [0.5, 0.6) is 0 Å². The van der Waals surface area contributed by atoms with Crippen LogP contribution < -0.4 is 16.0 Å². The van der Waals surface area contributed by atoms with Gasteiger partial charge >= 0.3 is 39.9 Å². The predicted molar refractivity (Wildman–Crippen MR) is 110 cm³/mol. The third-order valence-corrected chi connectivity index (χ3v) is 5.52. The molecule has 0 bridgehead atoms. The molecule has 1 aromatic heterocycles. The molecule has 31 heavy (non-hydrogen) atoms. The SMILES string of the molecule is CNC(=O)C1C(NC(=O)/C(=N\OC)c2csc(NC(=O)CCl)n2)C(=O)N1S(=O)(=O)O.[NaH]. The summed E-state index contributed by atoms with van der Waals surface area (Å²) in [4.78, 5) is 56.5. The molecule has 166 valence electrons. The van der Waals surface area contributed by atoms with Crippen LogP contribution in [0.2, 0.25) is 0 Å². The molecular weight excluding hydrogens is 491 g/mol. The van der Waals surface area contributed by atoms with Crippen LogP contribution in [0.15, 0.2) is 10.5 Å². The fourth-order valence-electron chi connectivity index (χ4n) is 2.36. The fraction of sp³-hybridized carbons (Fsp3) is 0.385. The van der Waals surface area contributed by atoms with Gasteiger partial charge in [-0.25, -0.2) is 4.98 Å². The number of alkyl halides is 1. The summed E-state index contributed by atoms with van der Waals surface area (Å²) in [5.74, 6) is -4.05. The van der Waals surface area contributed by atoms with Crippen LogP contribution in [0.4, 0.5) is 5.13 Å². The second-order valence-corrected chi connectivity index (χ2v) is 7.88. The van der Waals surface area contributed by atoms with Gasteiger partial charge in [0.15, 0.2) is 16.9 Å². The second kappa shape index (κ2) is 11.2. The third-order valence-electron chi connectivity index (χ3n) is 3.61. The Hall–Kier alpha value is -1.82. The molecule has 1 aliphatic heterocycles. The number of aromatic nitrogens is 1. The van der Waals surface area contributed by atoms with Crippen LogP contribution in [0.25, 0.3) is 0 Å². The van der Waals surface area contributed by atoms with Crippen molar-refractivity contribution in [2.75, 3.05) is 25.4 Å². The average Bonchev–Trinajstić information content (AvgIpc) is 3.13. The fourth-order valence-corrected chi connectivity index (χ4v) is 3.99. The van der Waals surface area contributed by atoms with Gasteiger partial charge in [-0.1, -0.05) is 5.16 Å². The van der Waals surface area contributed by atoms with Crippen LogP contribution in [0, 0.1) is 0 Å². The molecule has 4 amide bonds. The number of nitrogens with one attached hydrogen (secondary N) is 3. The summed E-state index contributed by atoms with van der Waals surface area (Å²) in [5, 5.41) is 11.6. The molecule has 1 fully saturated rings. The number of halogens is 1. The summed E-state index contributed by atoms with van der Waals surface area (Å²) in [7, 11) is -2.71. The van der Waals surface area contributed by atoms with Gasteiger partial charge in [-0.3, -0.25) is 23.7 Å². The van der Waals surface area contributed by atoms with E-state index in [0.29, 0.717) is 0 Å². The number of carbonyl (C=O) groups excluding carboxylic acids is 4. The maximum atomic E-state index is 12.6. The number of β-lactam (4-membered cyclic amide) rings is 1. The Morgan fingerprint density at radius 1 is 1.42 bits per heavy atom. The first-order chi connectivity index (χ1) is 14.0. The number of hydrogen-bond donors (Lipinski definition) is 4. The molecule has 0 spiro atoms. The Kier molecular flexibility index (Phi) is 9.80. The van der Waals surface area contributed by atoms with Crippen molar-refractivity contribution in [3.8, 4) is 0 Å². The van der Waals surface area contributed by atoms with Crippen molar-refractivity contribution in [2.45, 2.75) is 12.1 Å². The van der Waals surface area contributed by atoms with E-state index in [9.17, 15) is 27.6 Å². The molecular formula is C13H16ClN6NaO8S2. The molecule has 2 unspecified atom stereocenters. The van der Waals surface area contributed by atoms with E-state index in [2.05, 4.69) is 30.9 Å². The summed E-state index contributed by atoms with van der Waals surface area (Å²) in [6.45, 7) is 0. The first-order valence-electron chi connectivity index (χ1n) is 7.81. The zero-order valence-electron chi connectivity index (χ0n) is 15.3. The van der Waals surface area contributed by atoms with Crippen molar-refractivity contribution in [3.63, 3.8) is 0 Å². The Bertz CT molecular complexity index is 1020. The third kappa shape index (κ3) is 6.12. The van der Waals surface area contributed by atoms with Gasteiger partial charge in [0.2, 0.25) is 11.8 Å². The molecule has 18 heteroatoms. The van der Waals surface area contributed by atoms with E-state index in [0.717, 1.165) is 18.4 Å². The van der Waals surface area contributed by atoms with Crippen LogP contribution >= 0.6 is 22.9 Å². The van der Waals surface area contributed by atoms with E-state index in [1.807, 2.05) is 0 Å². The van der Waals surface area contributed by atoms with Gasteiger partial charge in [-0.05, 0) is 0 Å². The van der Waals surface area contributed by atoms with Crippen LogP contribution in [0.1, 0.15) is 5.69 Å². The normalized spacial score (nSPS) is 18.4. The summed E-state index contributed by atoms with van der Waals surface area (Å²) in [6, 6.07) is -3.31. The number of hydrogen-bond acceptors (Lipinski definition) is 10. The first-order valence-corrected chi connectivity index (χ1v) is 10.6. The van der Waals surface area contributed by atoms with E-state index < -0.39 is 51.7 Å². The quantitative estimate of drug-likeness (QED) is 0.0722. The van der Waals surface area contributed by atoms with E-state index in [4.69, 9.17) is 16.2 Å². The topological polar surface area (TPSA) is 196 Å². The van der Waals surface area contributed by atoms with Crippen molar-refractivity contribution in [1.29, 1.82) is 0 Å². The molecule has 0 aliphatic carbocycles. The maximum absolute atomic E-state index is 12.6. The van der Waals surface area contributed by atoms with Crippen LogP contribution in [-0.2, 0) is 34.3 Å². The molecule has 1 aliphatic rings. The summed E-state index contributed by atoms with van der Waals surface area (Å²) in [6.07, 6.45) is 0. The number of likely N-dealkylation sites (N-methyl/N-ethyl adjacent to an activating group) is 1. The van der Waals surface area contributed by atoms with Crippen LogP contribution in [0.3, 0.4) is 0 Å². The zero-order valence-corrected chi connectivity index (χ0v) is 17.7. The molecule has 0 radical (unpaired) electrons. The van der Waals surface area contributed by atoms with Crippen molar-refractivity contribution in [1.82, 2.24) is 19.9 Å². The van der Waals surface area contributed by atoms with Crippen molar-refractivity contribution in [2.24, 2.45) is 5.16 Å². The Labute approximate surface area is 206 Å². The van der Waals surface area contributed by atoms with Gasteiger partial charge in [0.25, 0.3) is 11.8 Å². The monoisotopic (exact) mass is 506 g/mol. The number of rotatable bonds is 8. The predicted octanol–water partition coefficient (Wildman–Crippen LogP) is -2.73. The molecule has 2 atom stereocenters. The summed E-state index contributed by atoms with van der Waals surface area (Å²) >= 11 is 6.33. The first kappa shape index (κ1) is 27.2. The van der Waals surface area contributed by atoms with Gasteiger partial charge in [0.1, 0.15) is 24.7 Å². The van der Waals surface area contributed by atoms with Gasteiger partial charge < -0.3 is 20.8 Å². The molecule has 1 saturated heterocycles. The number of carbonyl (C=O) groups is 4. The minimum atomic E-state index is -5.03. The summed E-state index contributed by atoms with van der Waals surface area (Å²) in [5.41, 5.74) is -0.465. The summed E-state index contributed by atoms with van der Waals surface area (Å²) < 4.78 is 31.7.